The fourth-order valence-corrected chi connectivity index (χ4v) is 2.18. The van der Waals surface area contributed by atoms with E-state index in [2.05, 4.69) is 31.1 Å². The Morgan fingerprint density at radius 3 is 2.73 bits per heavy atom. The molecule has 118 valence electrons. The molecule has 1 N–H and O–H groups in total. The van der Waals surface area contributed by atoms with Gasteiger partial charge in [0, 0.05) is 11.9 Å². The number of alkyl halides is 2. The molecule has 1 aromatic heterocycles. The van der Waals surface area contributed by atoms with Gasteiger partial charge >= 0.3 is 6.61 Å². The first-order chi connectivity index (χ1) is 10.3. The molecule has 0 aliphatic rings. The number of aromatic nitrogens is 2. The molecule has 0 bridgehead atoms. The van der Waals surface area contributed by atoms with Crippen LogP contribution in [0.15, 0.2) is 28.9 Å². The summed E-state index contributed by atoms with van der Waals surface area (Å²) in [6.45, 7) is 0.704. The second-order valence-electron chi connectivity index (χ2n) is 4.66. The summed E-state index contributed by atoms with van der Waals surface area (Å²) in [6, 6.07) is 4.34. The maximum Gasteiger partial charge on any atom is 0.387 e. The largest absolute Gasteiger partial charge is 0.435 e. The van der Waals surface area contributed by atoms with Crippen LogP contribution in [0.25, 0.3) is 0 Å². The molecule has 5 nitrogen and oxygen atoms in total. The Bertz CT molecular complexity index is 669. The van der Waals surface area contributed by atoms with Crippen LogP contribution < -0.4 is 10.1 Å². The number of rotatable bonds is 5. The van der Waals surface area contributed by atoms with Crippen LogP contribution in [-0.4, -0.2) is 22.3 Å². The number of carbonyl (C=O) groups is 1. The van der Waals surface area contributed by atoms with Crippen molar-refractivity contribution in [3.63, 3.8) is 0 Å². The zero-order chi connectivity index (χ0) is 16.3. The van der Waals surface area contributed by atoms with Crippen LogP contribution in [-0.2, 0) is 11.3 Å². The van der Waals surface area contributed by atoms with E-state index in [1.54, 1.807) is 13.1 Å². The van der Waals surface area contributed by atoms with Crippen molar-refractivity contribution in [2.75, 3.05) is 5.32 Å². The van der Waals surface area contributed by atoms with Crippen molar-refractivity contribution in [2.45, 2.75) is 27.0 Å². The Kier molecular flexibility index (Phi) is 5.12. The van der Waals surface area contributed by atoms with Crippen LogP contribution in [0.3, 0.4) is 0 Å². The molecule has 0 aliphatic carbocycles. The van der Waals surface area contributed by atoms with E-state index in [0.29, 0.717) is 11.3 Å². The van der Waals surface area contributed by atoms with E-state index in [4.69, 9.17) is 0 Å². The minimum Gasteiger partial charge on any atom is -0.435 e. The molecule has 0 radical (unpaired) electrons. The lowest BCUT2D eigenvalue weighted by molar-refractivity contribution is -0.116. The Hall–Kier alpha value is -1.96. The van der Waals surface area contributed by atoms with E-state index >= 15 is 0 Å². The second-order valence-corrected chi connectivity index (χ2v) is 5.52. The number of ether oxygens (including phenoxy) is 1. The van der Waals surface area contributed by atoms with Gasteiger partial charge in [0.1, 0.15) is 12.3 Å². The summed E-state index contributed by atoms with van der Waals surface area (Å²) < 4.78 is 30.9. The number of aryl methyl sites for hydroxylation is 2. The molecule has 1 amide bonds. The third kappa shape index (κ3) is 4.27. The lowest BCUT2D eigenvalue weighted by Gasteiger charge is -2.11. The van der Waals surface area contributed by atoms with Crippen LogP contribution >= 0.6 is 15.9 Å². The molecule has 1 heterocycles. The Morgan fingerprint density at radius 2 is 2.18 bits per heavy atom. The fraction of sp³-hybridized carbons (Fsp3) is 0.286. The normalized spacial score (nSPS) is 10.8. The lowest BCUT2D eigenvalue weighted by Crippen LogP contribution is -2.19. The number of nitrogens with one attached hydrogen (secondary N) is 1. The molecule has 8 heteroatoms. The van der Waals surface area contributed by atoms with Crippen molar-refractivity contribution < 1.29 is 18.3 Å². The molecule has 0 fully saturated rings. The van der Waals surface area contributed by atoms with Gasteiger partial charge in [0.2, 0.25) is 5.91 Å². The van der Waals surface area contributed by atoms with E-state index in [0.717, 1.165) is 10.2 Å². The summed E-state index contributed by atoms with van der Waals surface area (Å²) >= 11 is 3.32. The molecule has 0 spiro atoms. The van der Waals surface area contributed by atoms with E-state index in [1.165, 1.54) is 22.9 Å². The fourth-order valence-electron chi connectivity index (χ4n) is 1.86. The standard InChI is InChI=1S/C14H14BrF2N3O2/c1-8-5-10(22-14(16)17)3-4-12(8)18-13(21)7-20-6-11(15)9(2)19-20/h3-6,14H,7H2,1-2H3,(H,18,21). The molecule has 0 aliphatic heterocycles. The van der Waals surface area contributed by atoms with E-state index in [9.17, 15) is 13.6 Å². The predicted molar refractivity (Wildman–Crippen MR) is 81.1 cm³/mol. The van der Waals surface area contributed by atoms with Crippen molar-refractivity contribution in [2.24, 2.45) is 0 Å². The first kappa shape index (κ1) is 16.4. The van der Waals surface area contributed by atoms with Crippen molar-refractivity contribution in [1.82, 2.24) is 9.78 Å². The van der Waals surface area contributed by atoms with Crippen molar-refractivity contribution >= 4 is 27.5 Å². The molecule has 1 aromatic carbocycles. The number of halogens is 3. The molecule has 22 heavy (non-hydrogen) atoms. The zero-order valence-corrected chi connectivity index (χ0v) is 13.5. The molecule has 0 unspecified atom stereocenters. The monoisotopic (exact) mass is 373 g/mol. The van der Waals surface area contributed by atoms with Crippen molar-refractivity contribution in [3.8, 4) is 5.75 Å². The van der Waals surface area contributed by atoms with Crippen LogP contribution in [0.5, 0.6) is 5.75 Å². The summed E-state index contributed by atoms with van der Waals surface area (Å²) in [5.74, 6) is -0.210. The van der Waals surface area contributed by atoms with Gasteiger partial charge in [0.25, 0.3) is 0 Å². The smallest absolute Gasteiger partial charge is 0.387 e. The molecule has 0 saturated carbocycles. The Labute approximate surface area is 134 Å². The highest BCUT2D eigenvalue weighted by Crippen LogP contribution is 2.22. The summed E-state index contributed by atoms with van der Waals surface area (Å²) in [4.78, 5) is 12.0. The van der Waals surface area contributed by atoms with Crippen LogP contribution in [0.1, 0.15) is 11.3 Å². The maximum atomic E-state index is 12.1. The number of anilines is 1. The predicted octanol–water partition coefficient (Wildman–Crippen LogP) is 3.50. The number of amides is 1. The minimum absolute atomic E-state index is 0.0529. The van der Waals surface area contributed by atoms with E-state index < -0.39 is 6.61 Å². The highest BCUT2D eigenvalue weighted by molar-refractivity contribution is 9.10. The van der Waals surface area contributed by atoms with Gasteiger partial charge in [-0.3, -0.25) is 9.48 Å². The molecule has 0 saturated heterocycles. The van der Waals surface area contributed by atoms with Gasteiger partial charge in [-0.05, 0) is 53.5 Å². The zero-order valence-electron chi connectivity index (χ0n) is 11.9. The highest BCUT2D eigenvalue weighted by Gasteiger charge is 2.10. The number of nitrogens with zero attached hydrogens (tertiary/aromatic N) is 2. The maximum absolute atomic E-state index is 12.1. The molecular weight excluding hydrogens is 360 g/mol. The SMILES string of the molecule is Cc1cc(OC(F)F)ccc1NC(=O)Cn1cc(Br)c(C)n1. The van der Waals surface area contributed by atoms with Crippen LogP contribution in [0.2, 0.25) is 0 Å². The van der Waals surface area contributed by atoms with Gasteiger partial charge in [-0.2, -0.15) is 13.9 Å². The van der Waals surface area contributed by atoms with E-state index in [1.807, 2.05) is 6.92 Å². The van der Waals surface area contributed by atoms with Gasteiger partial charge in [-0.25, -0.2) is 0 Å². The molecule has 2 aromatic rings. The van der Waals surface area contributed by atoms with Crippen LogP contribution in [0.4, 0.5) is 14.5 Å². The summed E-state index contributed by atoms with van der Waals surface area (Å²) in [6.07, 6.45) is 1.71. The molecular formula is C14H14BrF2N3O2. The number of hydrogen-bond acceptors (Lipinski definition) is 3. The minimum atomic E-state index is -2.87. The van der Waals surface area contributed by atoms with Gasteiger partial charge in [0.05, 0.1) is 10.2 Å². The quantitative estimate of drug-likeness (QED) is 0.872. The van der Waals surface area contributed by atoms with Crippen molar-refractivity contribution in [3.05, 3.63) is 40.1 Å². The van der Waals surface area contributed by atoms with Gasteiger partial charge < -0.3 is 10.1 Å². The first-order valence-electron chi connectivity index (χ1n) is 6.40. The summed E-state index contributed by atoms with van der Waals surface area (Å²) in [5.41, 5.74) is 1.95. The Balaban J connectivity index is 2.02. The average molecular weight is 374 g/mol. The highest BCUT2D eigenvalue weighted by atomic mass is 79.9. The van der Waals surface area contributed by atoms with Gasteiger partial charge in [-0.1, -0.05) is 0 Å². The average Bonchev–Trinajstić information content (AvgIpc) is 2.70. The number of hydrogen-bond donors (Lipinski definition) is 1. The molecule has 0 atom stereocenters. The Morgan fingerprint density at radius 1 is 1.45 bits per heavy atom. The number of benzene rings is 1. The van der Waals surface area contributed by atoms with Crippen LogP contribution in [0, 0.1) is 13.8 Å². The molecule has 2 rings (SSSR count). The lowest BCUT2D eigenvalue weighted by atomic mass is 10.2. The van der Waals surface area contributed by atoms with Crippen molar-refractivity contribution in [1.29, 1.82) is 0 Å². The third-order valence-electron chi connectivity index (χ3n) is 2.89. The van der Waals surface area contributed by atoms with E-state index in [-0.39, 0.29) is 18.2 Å². The first-order valence-corrected chi connectivity index (χ1v) is 7.19. The summed E-state index contributed by atoms with van der Waals surface area (Å²) in [5, 5.41) is 6.88. The number of carbonyl (C=O) groups excluding carboxylic acids is 1. The van der Waals surface area contributed by atoms with Gasteiger partial charge in [-0.15, -0.1) is 0 Å². The van der Waals surface area contributed by atoms with Gasteiger partial charge in [0.15, 0.2) is 0 Å². The topological polar surface area (TPSA) is 56.1 Å². The summed E-state index contributed by atoms with van der Waals surface area (Å²) in [7, 11) is 0. The second kappa shape index (κ2) is 6.87. The third-order valence-corrected chi connectivity index (χ3v) is 3.67.